The highest BCUT2D eigenvalue weighted by atomic mass is 35.5. The predicted octanol–water partition coefficient (Wildman–Crippen LogP) is 4.35. The largest absolute Gasteiger partial charge is 0.696 e. The van der Waals surface area contributed by atoms with E-state index < -0.39 is 39.0 Å². The molecule has 37 heavy (non-hydrogen) atoms. The fraction of sp³-hybridized carbons (Fsp3) is 0.440. The van der Waals surface area contributed by atoms with Crippen molar-refractivity contribution in [3.05, 3.63) is 52.5 Å². The molecule has 3 atom stereocenters. The van der Waals surface area contributed by atoms with E-state index in [1.165, 1.54) is 14.2 Å². The number of fused-ring (bicyclic) bond motifs is 1. The molecule has 12 heteroatoms. The Balaban J connectivity index is 2.13. The number of rotatable bonds is 9. The Morgan fingerprint density at radius 3 is 2.54 bits per heavy atom. The maximum Gasteiger partial charge on any atom is 0.696 e. The number of hydrogen-bond donors (Lipinski definition) is 2. The fourth-order valence-corrected chi connectivity index (χ4v) is 4.47. The van der Waals surface area contributed by atoms with Gasteiger partial charge in [-0.15, -0.1) is 4.89 Å². The van der Waals surface area contributed by atoms with Gasteiger partial charge in [-0.2, -0.15) is 0 Å². The average molecular weight is 554 g/mol. The molecule has 0 fully saturated rings. The Bertz CT molecular complexity index is 1170. The Morgan fingerprint density at radius 1 is 1.19 bits per heavy atom. The number of ether oxygens (including phenoxy) is 3. The van der Waals surface area contributed by atoms with Crippen LogP contribution in [0.2, 0.25) is 5.02 Å². The van der Waals surface area contributed by atoms with Gasteiger partial charge >= 0.3 is 8.25 Å². The summed E-state index contributed by atoms with van der Waals surface area (Å²) in [5, 5.41) is 2.82. The topological polar surface area (TPSA) is 124 Å². The first-order valence-corrected chi connectivity index (χ1v) is 13.0. The molecule has 0 saturated heterocycles. The summed E-state index contributed by atoms with van der Waals surface area (Å²) in [5.41, 5.74) is 1.53. The molecule has 0 aromatic heterocycles. The van der Waals surface area contributed by atoms with Gasteiger partial charge in [0.2, 0.25) is 5.91 Å². The first-order chi connectivity index (χ1) is 17.4. The van der Waals surface area contributed by atoms with Crippen LogP contribution >= 0.6 is 19.9 Å². The molecule has 2 amide bonds. The van der Waals surface area contributed by atoms with Gasteiger partial charge in [0.05, 0.1) is 20.6 Å². The number of benzene rings is 2. The Kier molecular flexibility index (Phi) is 9.50. The molecule has 1 unspecified atom stereocenters. The summed E-state index contributed by atoms with van der Waals surface area (Å²) in [6.45, 7) is 5.86. The normalized spacial score (nSPS) is 18.1. The minimum atomic E-state index is -2.88. The summed E-state index contributed by atoms with van der Waals surface area (Å²) < 4.78 is 32.8. The number of hydrogen-bond acceptors (Lipinski definition) is 7. The van der Waals surface area contributed by atoms with Crippen LogP contribution in [0.4, 0.5) is 5.69 Å². The van der Waals surface area contributed by atoms with Crippen LogP contribution in [0.1, 0.15) is 44.4 Å². The molecule has 0 radical (unpaired) electrons. The summed E-state index contributed by atoms with van der Waals surface area (Å²) in [5.74, 6) is -0.113. The fourth-order valence-electron chi connectivity index (χ4n) is 4.11. The molecule has 200 valence electrons. The van der Waals surface area contributed by atoms with Crippen LogP contribution in [0.5, 0.6) is 11.5 Å². The quantitative estimate of drug-likeness (QED) is 0.347. The zero-order valence-corrected chi connectivity index (χ0v) is 23.0. The van der Waals surface area contributed by atoms with Gasteiger partial charge in [0.25, 0.3) is 5.91 Å². The van der Waals surface area contributed by atoms with Crippen molar-refractivity contribution in [2.24, 2.45) is 5.41 Å². The van der Waals surface area contributed by atoms with Crippen molar-refractivity contribution < 1.29 is 37.8 Å². The molecule has 1 heterocycles. The second-order valence-electron chi connectivity index (χ2n) is 9.59. The van der Waals surface area contributed by atoms with Crippen LogP contribution in [-0.4, -0.2) is 50.3 Å². The molecule has 0 spiro atoms. The second kappa shape index (κ2) is 12.2. The van der Waals surface area contributed by atoms with Crippen molar-refractivity contribution in [2.75, 3.05) is 32.4 Å². The summed E-state index contributed by atoms with van der Waals surface area (Å²) in [6.07, 6.45) is -2.39. The third kappa shape index (κ3) is 7.18. The SMILES string of the molecule is COc1cccc([C@H]2O[C@H](CC(=O)NCO[P+](=O)O)C(=O)N(CC(C)(C)C)c3ccc(Cl)cc32)c1OC. The Morgan fingerprint density at radius 2 is 1.92 bits per heavy atom. The standard InChI is InChI=1S/C25H30ClN2O8P/c1-25(2,3)13-28-18-10-9-15(26)11-17(18)22(16-7-6-8-19(33-4)23(16)34-5)36-20(24(28)30)12-21(29)27-14-35-37(31)32/h6-11,20,22H,12-14H2,1-5H3,(H-,27,29,31,32)/p+1/t20-,22-/m1/s1. The van der Waals surface area contributed by atoms with E-state index in [0.29, 0.717) is 39.9 Å². The van der Waals surface area contributed by atoms with Crippen molar-refractivity contribution in [3.8, 4) is 11.5 Å². The van der Waals surface area contributed by atoms with Gasteiger partial charge in [-0.3, -0.25) is 9.59 Å². The van der Waals surface area contributed by atoms with Crippen LogP contribution in [-0.2, 0) is 23.4 Å². The van der Waals surface area contributed by atoms with Crippen molar-refractivity contribution in [2.45, 2.75) is 39.4 Å². The first kappa shape index (κ1) is 28.8. The molecule has 3 rings (SSSR count). The molecular formula is C25H31ClN2O8P+. The van der Waals surface area contributed by atoms with Crippen LogP contribution in [0.3, 0.4) is 0 Å². The van der Waals surface area contributed by atoms with E-state index in [1.807, 2.05) is 20.8 Å². The van der Waals surface area contributed by atoms with Crippen LogP contribution in [0.15, 0.2) is 36.4 Å². The molecule has 0 aliphatic carbocycles. The lowest BCUT2D eigenvalue weighted by atomic mass is 9.94. The number of halogens is 1. The highest BCUT2D eigenvalue weighted by Gasteiger charge is 2.40. The maximum atomic E-state index is 13.9. The molecule has 2 N–H and O–H groups in total. The lowest BCUT2D eigenvalue weighted by Crippen LogP contribution is -2.45. The molecular weight excluding hydrogens is 523 g/mol. The van der Waals surface area contributed by atoms with Crippen molar-refractivity contribution in [3.63, 3.8) is 0 Å². The second-order valence-corrected chi connectivity index (χ2v) is 10.8. The van der Waals surface area contributed by atoms with Gasteiger partial charge in [-0.1, -0.05) is 49.0 Å². The van der Waals surface area contributed by atoms with E-state index in [4.69, 9.17) is 30.7 Å². The third-order valence-corrected chi connectivity index (χ3v) is 6.15. The number of methoxy groups -OCH3 is 2. The minimum absolute atomic E-state index is 0.285. The van der Waals surface area contributed by atoms with Gasteiger partial charge in [-0.25, -0.2) is 0 Å². The summed E-state index contributed by atoms with van der Waals surface area (Å²) in [4.78, 5) is 36.9. The lowest BCUT2D eigenvalue weighted by Gasteiger charge is -2.31. The maximum absolute atomic E-state index is 13.9. The lowest BCUT2D eigenvalue weighted by molar-refractivity contribution is -0.138. The molecule has 2 aromatic rings. The van der Waals surface area contributed by atoms with Gasteiger partial charge in [0.1, 0.15) is 12.2 Å². The zero-order chi connectivity index (χ0) is 27.3. The highest BCUT2D eigenvalue weighted by Crippen LogP contribution is 2.45. The summed E-state index contributed by atoms with van der Waals surface area (Å²) in [7, 11) is 0.144. The number of nitrogens with one attached hydrogen (secondary N) is 1. The smallest absolute Gasteiger partial charge is 0.493 e. The summed E-state index contributed by atoms with van der Waals surface area (Å²) in [6, 6.07) is 10.5. The molecule has 1 aliphatic heterocycles. The molecule has 2 aromatic carbocycles. The first-order valence-electron chi connectivity index (χ1n) is 11.5. The number of nitrogens with zero attached hydrogens (tertiary/aromatic N) is 1. The number of amides is 2. The van der Waals surface area contributed by atoms with Crippen molar-refractivity contribution in [1.82, 2.24) is 5.32 Å². The van der Waals surface area contributed by atoms with Crippen LogP contribution in [0, 0.1) is 5.41 Å². The van der Waals surface area contributed by atoms with Crippen LogP contribution in [0.25, 0.3) is 0 Å². The van der Waals surface area contributed by atoms with Crippen molar-refractivity contribution >= 4 is 37.4 Å². The van der Waals surface area contributed by atoms with E-state index in [-0.39, 0.29) is 11.8 Å². The van der Waals surface area contributed by atoms with E-state index in [2.05, 4.69) is 9.84 Å². The van der Waals surface area contributed by atoms with Crippen molar-refractivity contribution in [1.29, 1.82) is 0 Å². The third-order valence-electron chi connectivity index (χ3n) is 5.57. The van der Waals surface area contributed by atoms with E-state index in [0.717, 1.165) is 0 Å². The van der Waals surface area contributed by atoms with Gasteiger partial charge < -0.3 is 24.4 Å². The van der Waals surface area contributed by atoms with Gasteiger partial charge in [-0.05, 0) is 29.7 Å². The Hall–Kier alpha value is -2.75. The highest BCUT2D eigenvalue weighted by molar-refractivity contribution is 7.32. The predicted molar refractivity (Wildman–Crippen MR) is 138 cm³/mol. The number of carbonyl (C=O) groups excluding carboxylic acids is 2. The average Bonchev–Trinajstić information content (AvgIpc) is 2.92. The number of carbonyl (C=O) groups is 2. The van der Waals surface area contributed by atoms with Gasteiger partial charge in [0.15, 0.2) is 18.2 Å². The molecule has 10 nitrogen and oxygen atoms in total. The molecule has 0 bridgehead atoms. The van der Waals surface area contributed by atoms with E-state index in [9.17, 15) is 14.2 Å². The number of anilines is 1. The van der Waals surface area contributed by atoms with Gasteiger partial charge in [0, 0.05) is 32.9 Å². The monoisotopic (exact) mass is 553 g/mol. The van der Waals surface area contributed by atoms with Crippen LogP contribution < -0.4 is 19.7 Å². The molecule has 0 saturated carbocycles. The molecule has 1 aliphatic rings. The zero-order valence-electron chi connectivity index (χ0n) is 21.3. The van der Waals surface area contributed by atoms with E-state index >= 15 is 0 Å². The number of para-hydroxylation sites is 1. The van der Waals surface area contributed by atoms with E-state index in [1.54, 1.807) is 41.3 Å². The summed E-state index contributed by atoms with van der Waals surface area (Å²) >= 11 is 6.40. The Labute approximate surface area is 221 Å². The minimum Gasteiger partial charge on any atom is -0.493 e.